The molecule has 31 heavy (non-hydrogen) atoms. The van der Waals surface area contributed by atoms with Crippen LogP contribution in [0.25, 0.3) is 11.1 Å². The molecule has 5 rings (SSSR count). The first-order valence-electron chi connectivity index (χ1n) is 9.85. The van der Waals surface area contributed by atoms with E-state index < -0.39 is 5.41 Å². The Morgan fingerprint density at radius 2 is 1.26 bits per heavy atom. The zero-order valence-corrected chi connectivity index (χ0v) is 16.6. The lowest BCUT2D eigenvalue weighted by Crippen LogP contribution is -2.28. The zero-order chi connectivity index (χ0) is 21.8. The van der Waals surface area contributed by atoms with Crippen LogP contribution < -0.4 is 11.5 Å². The van der Waals surface area contributed by atoms with Gasteiger partial charge in [0.25, 0.3) is 0 Å². The summed E-state index contributed by atoms with van der Waals surface area (Å²) in [6.45, 7) is 0. The van der Waals surface area contributed by atoms with Gasteiger partial charge >= 0.3 is 0 Å². The molecule has 0 saturated heterocycles. The van der Waals surface area contributed by atoms with Crippen molar-refractivity contribution in [3.63, 3.8) is 0 Å². The third-order valence-corrected chi connectivity index (χ3v) is 6.13. The number of phenols is 2. The van der Waals surface area contributed by atoms with Crippen LogP contribution in [0.3, 0.4) is 0 Å². The van der Waals surface area contributed by atoms with Crippen LogP contribution in [0.4, 0.5) is 11.4 Å². The molecule has 1 aliphatic rings. The van der Waals surface area contributed by atoms with Crippen molar-refractivity contribution in [1.29, 1.82) is 0 Å². The molecule has 1 aliphatic carbocycles. The molecule has 0 radical (unpaired) electrons. The molecule has 0 amide bonds. The minimum Gasteiger partial charge on any atom is -0.506 e. The van der Waals surface area contributed by atoms with E-state index in [9.17, 15) is 10.2 Å². The van der Waals surface area contributed by atoms with E-state index in [2.05, 4.69) is 18.1 Å². The Bertz CT molecular complexity index is 1350. The summed E-state index contributed by atoms with van der Waals surface area (Å²) in [6.07, 6.45) is 5.69. The van der Waals surface area contributed by atoms with E-state index >= 15 is 0 Å². The van der Waals surface area contributed by atoms with Gasteiger partial charge < -0.3 is 21.7 Å². The molecule has 0 saturated carbocycles. The van der Waals surface area contributed by atoms with Gasteiger partial charge in [0.05, 0.1) is 16.8 Å². The summed E-state index contributed by atoms with van der Waals surface area (Å²) in [5.74, 6) is 2.77. The van der Waals surface area contributed by atoms with Crippen LogP contribution in [0.15, 0.2) is 78.9 Å². The van der Waals surface area contributed by atoms with Gasteiger partial charge in [0.15, 0.2) is 0 Å². The van der Waals surface area contributed by atoms with E-state index in [1.54, 1.807) is 24.3 Å². The van der Waals surface area contributed by atoms with E-state index in [1.807, 2.05) is 42.5 Å². The van der Waals surface area contributed by atoms with Crippen LogP contribution in [0, 0.1) is 12.3 Å². The normalized spacial score (nSPS) is 13.3. The fraction of sp³-hybridized carbons (Fsp3) is 0.0370. The number of hydrogen-bond donors (Lipinski definition) is 4. The van der Waals surface area contributed by atoms with Gasteiger partial charge in [-0.1, -0.05) is 48.4 Å². The number of rotatable bonds is 2. The van der Waals surface area contributed by atoms with E-state index in [-0.39, 0.29) is 22.9 Å². The monoisotopic (exact) mass is 404 g/mol. The van der Waals surface area contributed by atoms with Gasteiger partial charge in [0.1, 0.15) is 11.5 Å². The van der Waals surface area contributed by atoms with Crippen LogP contribution in [0.1, 0.15) is 27.8 Å². The summed E-state index contributed by atoms with van der Waals surface area (Å²) in [7, 11) is 0. The Labute approximate surface area is 180 Å². The molecular weight excluding hydrogens is 384 g/mol. The average Bonchev–Trinajstić information content (AvgIpc) is 3.08. The maximum absolute atomic E-state index is 10.1. The molecule has 0 aliphatic heterocycles. The van der Waals surface area contributed by atoms with Crippen molar-refractivity contribution < 1.29 is 10.2 Å². The van der Waals surface area contributed by atoms with Crippen molar-refractivity contribution in [3.05, 3.63) is 107 Å². The average molecular weight is 404 g/mol. The van der Waals surface area contributed by atoms with Crippen molar-refractivity contribution in [2.45, 2.75) is 5.41 Å². The first-order valence-corrected chi connectivity index (χ1v) is 9.85. The molecule has 0 spiro atoms. The predicted octanol–water partition coefficient (Wildman–Crippen LogP) is 4.61. The smallest absolute Gasteiger partial charge is 0.138 e. The fourth-order valence-electron chi connectivity index (χ4n) is 4.74. The van der Waals surface area contributed by atoms with E-state index in [1.165, 1.54) is 0 Å². The Balaban J connectivity index is 1.97. The van der Waals surface area contributed by atoms with E-state index in [4.69, 9.17) is 17.9 Å². The maximum atomic E-state index is 10.1. The number of phenolic OH excluding ortho intramolecular Hbond substituents is 2. The van der Waals surface area contributed by atoms with Gasteiger partial charge in [-0.05, 0) is 69.8 Å². The van der Waals surface area contributed by atoms with Gasteiger partial charge in [-0.3, -0.25) is 0 Å². The number of anilines is 2. The summed E-state index contributed by atoms with van der Waals surface area (Å²) in [5, 5.41) is 20.2. The second-order valence-corrected chi connectivity index (χ2v) is 7.75. The number of fused-ring (bicyclic) bond motifs is 3. The lowest BCUT2D eigenvalue weighted by molar-refractivity contribution is 0.477. The number of nitrogens with two attached hydrogens (primary N) is 2. The first kappa shape index (κ1) is 18.7. The summed E-state index contributed by atoms with van der Waals surface area (Å²) >= 11 is 0. The van der Waals surface area contributed by atoms with Crippen molar-refractivity contribution >= 4 is 11.4 Å². The fourth-order valence-corrected chi connectivity index (χ4v) is 4.74. The highest BCUT2D eigenvalue weighted by molar-refractivity contribution is 5.87. The second-order valence-electron chi connectivity index (χ2n) is 7.75. The second kappa shape index (κ2) is 6.58. The largest absolute Gasteiger partial charge is 0.506 e. The summed E-state index contributed by atoms with van der Waals surface area (Å²) in [6, 6.07) is 24.7. The van der Waals surface area contributed by atoms with Crippen LogP contribution in [-0.2, 0) is 5.41 Å². The summed E-state index contributed by atoms with van der Waals surface area (Å²) < 4.78 is 0. The molecule has 0 atom stereocenters. The quantitative estimate of drug-likeness (QED) is 0.196. The third kappa shape index (κ3) is 2.50. The summed E-state index contributed by atoms with van der Waals surface area (Å²) in [4.78, 5) is 0. The van der Waals surface area contributed by atoms with E-state index in [0.29, 0.717) is 0 Å². The minimum atomic E-state index is -0.747. The molecule has 0 unspecified atom stereocenters. The maximum Gasteiger partial charge on any atom is 0.138 e. The van der Waals surface area contributed by atoms with Crippen LogP contribution in [0.5, 0.6) is 11.5 Å². The van der Waals surface area contributed by atoms with Crippen LogP contribution in [-0.4, -0.2) is 10.2 Å². The molecule has 0 fully saturated rings. The molecule has 6 N–H and O–H groups in total. The number of aromatic hydroxyl groups is 2. The minimum absolute atomic E-state index is 0.0262. The predicted molar refractivity (Wildman–Crippen MR) is 124 cm³/mol. The van der Waals surface area contributed by atoms with Crippen molar-refractivity contribution in [2.75, 3.05) is 11.5 Å². The molecular formula is C27H20N2O2. The lowest BCUT2D eigenvalue weighted by atomic mass is 9.67. The molecule has 0 aromatic heterocycles. The third-order valence-electron chi connectivity index (χ3n) is 6.13. The highest BCUT2D eigenvalue weighted by Gasteiger charge is 2.46. The highest BCUT2D eigenvalue weighted by atomic mass is 16.3. The standard InChI is InChI=1S/C27H20N2O2/c1-2-16-7-10-22-20(13-16)19-5-3-4-6-21(19)27(22,17-8-11-25(30)23(28)14-17)18-9-12-26(31)24(29)15-18/h1,3-15,30-31H,28-29H2. The number of hydrogen-bond acceptors (Lipinski definition) is 4. The van der Waals surface area contributed by atoms with E-state index in [0.717, 1.165) is 38.9 Å². The Morgan fingerprint density at radius 3 is 1.84 bits per heavy atom. The number of nitrogen functional groups attached to an aromatic ring is 2. The van der Waals surface area contributed by atoms with Gasteiger partial charge in [0.2, 0.25) is 0 Å². The Hall–Kier alpha value is -4.36. The summed E-state index contributed by atoms with van der Waals surface area (Å²) in [5.41, 5.74) is 18.8. The molecule has 4 aromatic rings. The highest BCUT2D eigenvalue weighted by Crippen LogP contribution is 2.57. The van der Waals surface area contributed by atoms with Gasteiger partial charge in [-0.15, -0.1) is 6.42 Å². The molecule has 4 aromatic carbocycles. The van der Waals surface area contributed by atoms with Gasteiger partial charge in [-0.25, -0.2) is 0 Å². The molecule has 4 nitrogen and oxygen atoms in total. The van der Waals surface area contributed by atoms with Gasteiger partial charge in [-0.2, -0.15) is 0 Å². The van der Waals surface area contributed by atoms with Crippen molar-refractivity contribution in [1.82, 2.24) is 0 Å². The van der Waals surface area contributed by atoms with Crippen molar-refractivity contribution in [3.8, 4) is 35.0 Å². The van der Waals surface area contributed by atoms with Crippen LogP contribution in [0.2, 0.25) is 0 Å². The molecule has 0 bridgehead atoms. The molecule has 150 valence electrons. The lowest BCUT2D eigenvalue weighted by Gasteiger charge is -2.34. The van der Waals surface area contributed by atoms with Gasteiger partial charge in [0, 0.05) is 5.56 Å². The molecule has 4 heteroatoms. The Morgan fingerprint density at radius 1 is 0.677 bits per heavy atom. The van der Waals surface area contributed by atoms with Crippen molar-refractivity contribution in [2.24, 2.45) is 0 Å². The zero-order valence-electron chi connectivity index (χ0n) is 16.6. The van der Waals surface area contributed by atoms with Crippen LogP contribution >= 0.6 is 0 Å². The number of benzene rings is 4. The number of terminal acetylenes is 1. The molecule has 0 heterocycles. The first-order chi connectivity index (χ1) is 15.0. The SMILES string of the molecule is C#Cc1ccc2c(c1)-c1ccccc1C2(c1ccc(O)c(N)c1)c1ccc(O)c(N)c1. The Kier molecular flexibility index (Phi) is 3.96. The topological polar surface area (TPSA) is 92.5 Å².